The summed E-state index contributed by atoms with van der Waals surface area (Å²) >= 11 is 0. The summed E-state index contributed by atoms with van der Waals surface area (Å²) in [4.78, 5) is 39.7. The van der Waals surface area contributed by atoms with Crippen LogP contribution in [-0.4, -0.2) is 37.4 Å². The van der Waals surface area contributed by atoms with Crippen molar-refractivity contribution in [3.8, 4) is 16.9 Å². The van der Waals surface area contributed by atoms with Crippen molar-refractivity contribution in [1.82, 2.24) is 24.4 Å². The van der Waals surface area contributed by atoms with E-state index in [1.165, 1.54) is 0 Å². The Hall–Kier alpha value is -5.12. The molecule has 0 spiro atoms. The molecular weight excluding hydrogens is 522 g/mol. The van der Waals surface area contributed by atoms with Crippen LogP contribution in [0.25, 0.3) is 11.1 Å². The summed E-state index contributed by atoms with van der Waals surface area (Å²) in [5.74, 6) is -0.148. The van der Waals surface area contributed by atoms with Crippen molar-refractivity contribution in [3.63, 3.8) is 0 Å². The SMILES string of the molecule is CCn1nccc1CN(C)C(=O)c1ccc(-c2cccc(COc3ccc(Cn4oc(=O)[nH]c4=O)cc3)c2)c(C)c1. The van der Waals surface area contributed by atoms with Crippen LogP contribution in [-0.2, 0) is 26.2 Å². The van der Waals surface area contributed by atoms with Gasteiger partial charge in [0.25, 0.3) is 5.91 Å². The standard InChI is InChI=1S/C31H31N5O5/c1-4-35-26(14-15-32-35)19-34(3)29(37)25-10-13-28(21(2)16-25)24-7-5-6-23(17-24)20-40-27-11-8-22(9-12-27)18-36-30(38)33-31(39)41-36/h5-17H,4,18-20H2,1-3H3,(H,33,38,39). The predicted molar refractivity (Wildman–Crippen MR) is 154 cm³/mol. The van der Waals surface area contributed by atoms with Gasteiger partial charge in [-0.15, -0.1) is 4.74 Å². The van der Waals surface area contributed by atoms with Crippen molar-refractivity contribution in [2.45, 2.75) is 40.1 Å². The van der Waals surface area contributed by atoms with Crippen LogP contribution in [0.4, 0.5) is 0 Å². The molecule has 1 amide bonds. The van der Waals surface area contributed by atoms with Gasteiger partial charge in [0.1, 0.15) is 12.4 Å². The highest BCUT2D eigenvalue weighted by Crippen LogP contribution is 2.26. The summed E-state index contributed by atoms with van der Waals surface area (Å²) < 4.78 is 13.6. The number of carbonyl (C=O) groups is 1. The molecule has 0 radical (unpaired) electrons. The number of aromatic amines is 1. The molecule has 2 heterocycles. The quantitative estimate of drug-likeness (QED) is 0.277. The van der Waals surface area contributed by atoms with Gasteiger partial charge in [0.05, 0.1) is 18.8 Å². The summed E-state index contributed by atoms with van der Waals surface area (Å²) in [6, 6.07) is 23.1. The Morgan fingerprint density at radius 1 is 1.02 bits per heavy atom. The predicted octanol–water partition coefficient (Wildman–Crippen LogP) is 4.22. The van der Waals surface area contributed by atoms with Crippen LogP contribution in [0.5, 0.6) is 5.75 Å². The number of amides is 1. The third-order valence-corrected chi connectivity index (χ3v) is 6.84. The van der Waals surface area contributed by atoms with Crippen molar-refractivity contribution >= 4 is 5.91 Å². The molecule has 0 bridgehead atoms. The number of benzene rings is 3. The minimum absolute atomic E-state index is 0.0404. The van der Waals surface area contributed by atoms with Gasteiger partial charge >= 0.3 is 11.4 Å². The van der Waals surface area contributed by atoms with Gasteiger partial charge in [-0.25, -0.2) is 14.6 Å². The summed E-state index contributed by atoms with van der Waals surface area (Å²) in [5.41, 5.74) is 5.93. The molecule has 41 heavy (non-hydrogen) atoms. The van der Waals surface area contributed by atoms with E-state index in [-0.39, 0.29) is 12.5 Å². The summed E-state index contributed by atoms with van der Waals surface area (Å²) in [6.45, 7) is 5.80. The number of hydrogen-bond acceptors (Lipinski definition) is 6. The molecule has 0 saturated heterocycles. The maximum Gasteiger partial charge on any atom is 0.440 e. The van der Waals surface area contributed by atoms with Crippen LogP contribution in [0.15, 0.2) is 93.1 Å². The second-order valence-corrected chi connectivity index (χ2v) is 9.81. The molecule has 0 aliphatic heterocycles. The molecule has 5 rings (SSSR count). The Bertz CT molecular complexity index is 1780. The highest BCUT2D eigenvalue weighted by molar-refractivity contribution is 5.95. The molecule has 10 heteroatoms. The summed E-state index contributed by atoms with van der Waals surface area (Å²) in [5, 5.41) is 4.28. The number of H-pyrrole nitrogens is 1. The van der Waals surface area contributed by atoms with Gasteiger partial charge in [-0.1, -0.05) is 36.4 Å². The number of carbonyl (C=O) groups excluding carboxylic acids is 1. The maximum absolute atomic E-state index is 13.1. The maximum atomic E-state index is 13.1. The largest absolute Gasteiger partial charge is 0.489 e. The highest BCUT2D eigenvalue weighted by atomic mass is 16.5. The highest BCUT2D eigenvalue weighted by Gasteiger charge is 2.15. The zero-order valence-corrected chi connectivity index (χ0v) is 23.2. The Kier molecular flexibility index (Phi) is 8.00. The molecule has 0 unspecified atom stereocenters. The third-order valence-electron chi connectivity index (χ3n) is 6.84. The Labute approximate surface area is 236 Å². The molecule has 1 N–H and O–H groups in total. The van der Waals surface area contributed by atoms with E-state index in [0.29, 0.717) is 24.5 Å². The summed E-state index contributed by atoms with van der Waals surface area (Å²) in [7, 11) is 1.80. The number of hydrogen-bond donors (Lipinski definition) is 1. The van der Waals surface area contributed by atoms with Crippen LogP contribution in [0.3, 0.4) is 0 Å². The monoisotopic (exact) mass is 553 g/mol. The second kappa shape index (κ2) is 12.0. The van der Waals surface area contributed by atoms with Crippen LogP contribution in [0.1, 0.15) is 39.7 Å². The van der Waals surface area contributed by atoms with E-state index in [1.54, 1.807) is 18.1 Å². The van der Waals surface area contributed by atoms with E-state index in [4.69, 9.17) is 9.26 Å². The van der Waals surface area contributed by atoms with Crippen molar-refractivity contribution in [2.75, 3.05) is 7.05 Å². The van der Waals surface area contributed by atoms with E-state index < -0.39 is 11.4 Å². The Morgan fingerprint density at radius 2 is 1.83 bits per heavy atom. The first-order valence-corrected chi connectivity index (χ1v) is 13.3. The second-order valence-electron chi connectivity index (χ2n) is 9.81. The van der Waals surface area contributed by atoms with Crippen LogP contribution < -0.4 is 16.2 Å². The first-order valence-electron chi connectivity index (χ1n) is 13.3. The molecule has 5 aromatic rings. The fraction of sp³-hybridized carbons (Fsp3) is 0.226. The molecule has 210 valence electrons. The number of nitrogens with one attached hydrogen (secondary N) is 1. The molecular formula is C31H31N5O5. The molecule has 3 aromatic carbocycles. The third kappa shape index (κ3) is 6.38. The Morgan fingerprint density at radius 3 is 2.54 bits per heavy atom. The normalized spacial score (nSPS) is 11.0. The lowest BCUT2D eigenvalue weighted by atomic mass is 9.97. The van der Waals surface area contributed by atoms with E-state index in [1.807, 2.05) is 85.3 Å². The van der Waals surface area contributed by atoms with Crippen molar-refractivity contribution in [1.29, 1.82) is 0 Å². The van der Waals surface area contributed by atoms with Gasteiger partial charge in [-0.05, 0) is 78.1 Å². The van der Waals surface area contributed by atoms with E-state index in [0.717, 1.165) is 44.8 Å². The average molecular weight is 554 g/mol. The Balaban J connectivity index is 1.22. The molecule has 0 saturated carbocycles. The average Bonchev–Trinajstić information content (AvgIpc) is 3.56. The van der Waals surface area contributed by atoms with Crippen molar-refractivity contribution < 1.29 is 14.1 Å². The zero-order chi connectivity index (χ0) is 28.9. The zero-order valence-electron chi connectivity index (χ0n) is 23.2. The fourth-order valence-electron chi connectivity index (χ4n) is 4.71. The molecule has 10 nitrogen and oxygen atoms in total. The first-order chi connectivity index (χ1) is 19.8. The van der Waals surface area contributed by atoms with Gasteiger partial charge in [0, 0.05) is 25.4 Å². The topological polar surface area (TPSA) is 115 Å². The summed E-state index contributed by atoms with van der Waals surface area (Å²) in [6.07, 6.45) is 1.75. The lowest BCUT2D eigenvalue weighted by molar-refractivity contribution is 0.0781. The lowest BCUT2D eigenvalue weighted by Gasteiger charge is -2.19. The minimum atomic E-state index is -0.781. The molecule has 0 aliphatic carbocycles. The van der Waals surface area contributed by atoms with Crippen LogP contribution in [0, 0.1) is 6.92 Å². The van der Waals surface area contributed by atoms with Crippen LogP contribution in [0.2, 0.25) is 0 Å². The van der Waals surface area contributed by atoms with Gasteiger partial charge in [0.2, 0.25) is 0 Å². The van der Waals surface area contributed by atoms with Crippen LogP contribution >= 0.6 is 0 Å². The molecule has 0 aliphatic rings. The number of nitrogens with zero attached hydrogens (tertiary/aromatic N) is 4. The number of rotatable bonds is 10. The molecule has 0 fully saturated rings. The van der Waals surface area contributed by atoms with Gasteiger partial charge in [0.15, 0.2) is 0 Å². The number of aromatic nitrogens is 4. The van der Waals surface area contributed by atoms with Crippen molar-refractivity contribution in [2.24, 2.45) is 0 Å². The first kappa shape index (κ1) is 27.4. The van der Waals surface area contributed by atoms with Gasteiger partial charge in [-0.3, -0.25) is 9.48 Å². The molecule has 0 atom stereocenters. The van der Waals surface area contributed by atoms with Gasteiger partial charge < -0.3 is 14.2 Å². The van der Waals surface area contributed by atoms with Crippen molar-refractivity contribution in [3.05, 3.63) is 128 Å². The number of ether oxygens (including phenoxy) is 1. The van der Waals surface area contributed by atoms with Gasteiger partial charge in [-0.2, -0.15) is 5.10 Å². The van der Waals surface area contributed by atoms with E-state index >= 15 is 0 Å². The minimum Gasteiger partial charge on any atom is -0.489 e. The number of aryl methyl sites for hydroxylation is 2. The molecule has 2 aromatic heterocycles. The lowest BCUT2D eigenvalue weighted by Crippen LogP contribution is -2.27. The smallest absolute Gasteiger partial charge is 0.440 e. The van der Waals surface area contributed by atoms with E-state index in [2.05, 4.69) is 16.1 Å². The fourth-order valence-corrected chi connectivity index (χ4v) is 4.71. The van der Waals surface area contributed by atoms with E-state index in [9.17, 15) is 14.4 Å².